The molecule has 0 amide bonds. The summed E-state index contributed by atoms with van der Waals surface area (Å²) in [7, 11) is 0. The molecule has 0 radical (unpaired) electrons. The maximum Gasteiger partial charge on any atom is 0.191 e. The van der Waals surface area contributed by atoms with Gasteiger partial charge < -0.3 is 5.11 Å². The highest BCUT2D eigenvalue weighted by molar-refractivity contribution is 7.13. The molecule has 4 nitrogen and oxygen atoms in total. The fourth-order valence-electron chi connectivity index (χ4n) is 1.78. The normalized spacial score (nSPS) is 25.1. The highest BCUT2D eigenvalue weighted by atomic mass is 32.1. The first kappa shape index (κ1) is 9.06. The van der Waals surface area contributed by atoms with E-state index in [1.165, 1.54) is 0 Å². The molecule has 2 N–H and O–H groups in total. The average Bonchev–Trinajstić information content (AvgIpc) is 2.83. The standard InChI is InChI=1S/C10H11N3OS/c14-7-4-6(5-7)9-11-10(13-12-9)8-2-1-3-15-8/h1-3,6-7,14H,4-5H2,(H,11,12,13). The molecule has 0 aromatic carbocycles. The van der Waals surface area contributed by atoms with Crippen LogP contribution in [0.2, 0.25) is 0 Å². The van der Waals surface area contributed by atoms with Crippen molar-refractivity contribution in [3.05, 3.63) is 23.3 Å². The Morgan fingerprint density at radius 1 is 1.47 bits per heavy atom. The molecule has 1 saturated carbocycles. The highest BCUT2D eigenvalue weighted by Crippen LogP contribution is 2.35. The topological polar surface area (TPSA) is 61.8 Å². The molecule has 0 spiro atoms. The van der Waals surface area contributed by atoms with E-state index < -0.39 is 0 Å². The first-order chi connectivity index (χ1) is 7.33. The van der Waals surface area contributed by atoms with Crippen LogP contribution in [0.3, 0.4) is 0 Å². The minimum Gasteiger partial charge on any atom is -0.393 e. The van der Waals surface area contributed by atoms with Crippen LogP contribution in [0.4, 0.5) is 0 Å². The third kappa shape index (κ3) is 1.57. The van der Waals surface area contributed by atoms with Gasteiger partial charge in [0, 0.05) is 5.92 Å². The molecule has 2 aromatic rings. The largest absolute Gasteiger partial charge is 0.393 e. The molecule has 1 aliphatic carbocycles. The number of aliphatic hydroxyl groups is 1. The summed E-state index contributed by atoms with van der Waals surface area (Å²) in [5.74, 6) is 2.03. The Labute approximate surface area is 91.0 Å². The van der Waals surface area contributed by atoms with E-state index in [2.05, 4.69) is 15.2 Å². The van der Waals surface area contributed by atoms with Gasteiger partial charge in [-0.15, -0.1) is 11.3 Å². The third-order valence-electron chi connectivity index (χ3n) is 2.74. The molecule has 1 fully saturated rings. The van der Waals surface area contributed by atoms with Crippen molar-refractivity contribution in [2.45, 2.75) is 24.9 Å². The summed E-state index contributed by atoms with van der Waals surface area (Å²) in [5.41, 5.74) is 0. The van der Waals surface area contributed by atoms with Crippen LogP contribution in [-0.4, -0.2) is 26.4 Å². The van der Waals surface area contributed by atoms with Crippen LogP contribution in [0.5, 0.6) is 0 Å². The lowest BCUT2D eigenvalue weighted by atomic mass is 9.82. The molecule has 3 rings (SSSR count). The zero-order valence-corrected chi connectivity index (χ0v) is 8.87. The van der Waals surface area contributed by atoms with Gasteiger partial charge in [-0.05, 0) is 24.3 Å². The number of thiophene rings is 1. The highest BCUT2D eigenvalue weighted by Gasteiger charge is 2.31. The molecule has 0 atom stereocenters. The van der Waals surface area contributed by atoms with E-state index in [1.807, 2.05) is 17.5 Å². The molecule has 0 aliphatic heterocycles. The van der Waals surface area contributed by atoms with Crippen LogP contribution in [0.25, 0.3) is 10.7 Å². The number of nitrogens with one attached hydrogen (secondary N) is 1. The number of nitrogens with zero attached hydrogens (tertiary/aromatic N) is 2. The summed E-state index contributed by atoms with van der Waals surface area (Å²) in [4.78, 5) is 5.52. The van der Waals surface area contributed by atoms with Gasteiger partial charge in [0.25, 0.3) is 0 Å². The van der Waals surface area contributed by atoms with Gasteiger partial charge in [-0.2, -0.15) is 5.10 Å². The minimum absolute atomic E-state index is 0.148. The summed E-state index contributed by atoms with van der Waals surface area (Å²) < 4.78 is 0. The second kappa shape index (κ2) is 3.43. The zero-order chi connectivity index (χ0) is 10.3. The lowest BCUT2D eigenvalue weighted by Gasteiger charge is -2.29. The van der Waals surface area contributed by atoms with Crippen molar-refractivity contribution in [2.75, 3.05) is 0 Å². The Hall–Kier alpha value is -1.20. The Morgan fingerprint density at radius 3 is 3.00 bits per heavy atom. The SMILES string of the molecule is OC1CC(c2nc(-c3cccs3)n[nH]2)C1. The first-order valence-corrected chi connectivity index (χ1v) is 5.85. The molecule has 0 unspecified atom stereocenters. The molecule has 2 heterocycles. The van der Waals surface area contributed by atoms with Gasteiger partial charge in [-0.1, -0.05) is 6.07 Å². The van der Waals surface area contributed by atoms with Gasteiger partial charge >= 0.3 is 0 Å². The van der Waals surface area contributed by atoms with Crippen molar-refractivity contribution in [3.63, 3.8) is 0 Å². The van der Waals surface area contributed by atoms with E-state index in [9.17, 15) is 5.11 Å². The Morgan fingerprint density at radius 2 is 2.33 bits per heavy atom. The number of H-pyrrole nitrogens is 1. The predicted octanol–water partition coefficient (Wildman–Crippen LogP) is 1.77. The summed E-state index contributed by atoms with van der Waals surface area (Å²) >= 11 is 1.63. The van der Waals surface area contributed by atoms with E-state index in [4.69, 9.17) is 0 Å². The Kier molecular flexibility index (Phi) is 2.07. The zero-order valence-electron chi connectivity index (χ0n) is 8.05. The van der Waals surface area contributed by atoms with Gasteiger partial charge in [0.15, 0.2) is 5.82 Å². The van der Waals surface area contributed by atoms with Crippen molar-refractivity contribution in [1.29, 1.82) is 0 Å². The van der Waals surface area contributed by atoms with Crippen molar-refractivity contribution >= 4 is 11.3 Å². The molecular formula is C10H11N3OS. The van der Waals surface area contributed by atoms with Crippen molar-refractivity contribution in [2.24, 2.45) is 0 Å². The second-order valence-corrected chi connectivity index (χ2v) is 4.79. The van der Waals surface area contributed by atoms with E-state index >= 15 is 0 Å². The first-order valence-electron chi connectivity index (χ1n) is 4.97. The summed E-state index contributed by atoms with van der Waals surface area (Å²) in [6.07, 6.45) is 1.46. The van der Waals surface area contributed by atoms with Gasteiger partial charge in [0.1, 0.15) is 5.82 Å². The number of aromatic amines is 1. The molecule has 78 valence electrons. The maximum atomic E-state index is 9.21. The fourth-order valence-corrected chi connectivity index (χ4v) is 2.44. The van der Waals surface area contributed by atoms with Crippen molar-refractivity contribution < 1.29 is 5.11 Å². The minimum atomic E-state index is -0.148. The number of hydrogen-bond acceptors (Lipinski definition) is 4. The van der Waals surface area contributed by atoms with Gasteiger partial charge in [-0.25, -0.2) is 4.98 Å². The quantitative estimate of drug-likeness (QED) is 0.812. The number of hydrogen-bond donors (Lipinski definition) is 2. The third-order valence-corrected chi connectivity index (χ3v) is 3.61. The number of aromatic nitrogens is 3. The van der Waals surface area contributed by atoms with Crippen molar-refractivity contribution in [1.82, 2.24) is 15.2 Å². The molecule has 0 bridgehead atoms. The van der Waals surface area contributed by atoms with Gasteiger partial charge in [0.05, 0.1) is 11.0 Å². The van der Waals surface area contributed by atoms with Crippen LogP contribution >= 0.6 is 11.3 Å². The van der Waals surface area contributed by atoms with E-state index in [0.29, 0.717) is 5.92 Å². The lowest BCUT2D eigenvalue weighted by molar-refractivity contribution is 0.0718. The van der Waals surface area contributed by atoms with Crippen LogP contribution in [0.1, 0.15) is 24.6 Å². The van der Waals surface area contributed by atoms with Crippen LogP contribution in [-0.2, 0) is 0 Å². The summed E-state index contributed by atoms with van der Waals surface area (Å²) in [6, 6.07) is 4.00. The Balaban J connectivity index is 1.82. The van der Waals surface area contributed by atoms with E-state index in [1.54, 1.807) is 11.3 Å². The number of aliphatic hydroxyl groups excluding tert-OH is 1. The van der Waals surface area contributed by atoms with E-state index in [-0.39, 0.29) is 6.10 Å². The summed E-state index contributed by atoms with van der Waals surface area (Å²) in [5, 5.41) is 18.4. The molecule has 5 heteroatoms. The molecule has 0 saturated heterocycles. The molecule has 1 aliphatic rings. The smallest absolute Gasteiger partial charge is 0.191 e. The van der Waals surface area contributed by atoms with Gasteiger partial charge in [-0.3, -0.25) is 5.10 Å². The molecular weight excluding hydrogens is 210 g/mol. The summed E-state index contributed by atoms with van der Waals surface area (Å²) in [6.45, 7) is 0. The lowest BCUT2D eigenvalue weighted by Crippen LogP contribution is -2.27. The van der Waals surface area contributed by atoms with Crippen LogP contribution in [0.15, 0.2) is 17.5 Å². The Bertz CT molecular complexity index is 445. The molecule has 15 heavy (non-hydrogen) atoms. The monoisotopic (exact) mass is 221 g/mol. The second-order valence-electron chi connectivity index (χ2n) is 3.84. The van der Waals surface area contributed by atoms with Gasteiger partial charge in [0.2, 0.25) is 0 Å². The average molecular weight is 221 g/mol. The number of rotatable bonds is 2. The van der Waals surface area contributed by atoms with Crippen molar-refractivity contribution in [3.8, 4) is 10.7 Å². The van der Waals surface area contributed by atoms with E-state index in [0.717, 1.165) is 29.4 Å². The fraction of sp³-hybridized carbons (Fsp3) is 0.400. The van der Waals surface area contributed by atoms with Crippen LogP contribution in [0, 0.1) is 0 Å². The van der Waals surface area contributed by atoms with Crippen LogP contribution < -0.4 is 0 Å². The predicted molar refractivity (Wildman–Crippen MR) is 57.7 cm³/mol. The molecule has 2 aromatic heterocycles. The maximum absolute atomic E-state index is 9.21.